The number of carbonyl (C=O) groups excluding carboxylic acids is 1. The van der Waals surface area contributed by atoms with Gasteiger partial charge in [0.15, 0.2) is 13.9 Å². The molecule has 54 heavy (non-hydrogen) atoms. The van der Waals surface area contributed by atoms with E-state index in [4.69, 9.17) is 9.47 Å². The van der Waals surface area contributed by atoms with Crippen LogP contribution in [0, 0.1) is 5.92 Å². The summed E-state index contributed by atoms with van der Waals surface area (Å²) in [5.74, 6) is -0.266. The number of anilines is 1. The highest BCUT2D eigenvalue weighted by molar-refractivity contribution is 6.71. The maximum atomic E-state index is 15.0. The Bertz CT molecular complexity index is 2380. The Labute approximate surface area is 313 Å². The van der Waals surface area contributed by atoms with E-state index in [1.54, 1.807) is 22.8 Å². The zero-order chi connectivity index (χ0) is 37.8. The average molecular weight is 745 g/mol. The molecule has 0 radical (unpaired) electrons. The van der Waals surface area contributed by atoms with E-state index in [9.17, 15) is 14.7 Å². The summed E-state index contributed by atoms with van der Waals surface area (Å²) < 4.78 is 16.0. The predicted octanol–water partition coefficient (Wildman–Crippen LogP) is 5.48. The second kappa shape index (κ2) is 13.8. The second-order valence-corrected chi connectivity index (χ2v) is 18.9. The Morgan fingerprint density at radius 1 is 1.00 bits per heavy atom. The van der Waals surface area contributed by atoms with E-state index >= 15 is 4.79 Å². The number of rotatable bonds is 11. The van der Waals surface area contributed by atoms with Gasteiger partial charge in [0, 0.05) is 29.8 Å². The van der Waals surface area contributed by atoms with Crippen LogP contribution in [0.25, 0.3) is 16.6 Å². The van der Waals surface area contributed by atoms with Crippen LogP contribution in [0.1, 0.15) is 41.6 Å². The van der Waals surface area contributed by atoms with Crippen molar-refractivity contribution in [1.29, 1.82) is 0 Å². The Hall–Kier alpha value is -5.34. The molecule has 12 nitrogen and oxygen atoms in total. The van der Waals surface area contributed by atoms with Crippen LogP contribution in [-0.2, 0) is 28.2 Å². The molecule has 278 valence electrons. The highest BCUT2D eigenvalue weighted by Gasteiger charge is 2.66. The lowest BCUT2D eigenvalue weighted by molar-refractivity contribution is -0.146. The first kappa shape index (κ1) is 35.7. The molecule has 0 bridgehead atoms. The highest BCUT2D eigenvalue weighted by Crippen LogP contribution is 2.60. The number of aliphatic hydroxyl groups is 1. The normalized spacial score (nSPS) is 21.6. The minimum Gasteiger partial charge on any atom is -0.497 e. The number of methoxy groups -OCH3 is 1. The van der Waals surface area contributed by atoms with Gasteiger partial charge in [-0.1, -0.05) is 66.7 Å². The van der Waals surface area contributed by atoms with Gasteiger partial charge in [0.2, 0.25) is 0 Å². The molecule has 3 N–H and O–H groups in total. The number of aromatic nitrogens is 5. The molecule has 0 saturated carbocycles. The molecule has 6 aromatic rings. The van der Waals surface area contributed by atoms with Crippen LogP contribution in [0.15, 0.2) is 108 Å². The summed E-state index contributed by atoms with van der Waals surface area (Å²) in [5, 5.41) is 22.8. The van der Waals surface area contributed by atoms with Crippen LogP contribution in [0.4, 0.5) is 5.69 Å². The predicted molar refractivity (Wildman–Crippen MR) is 207 cm³/mol. The molecule has 1 saturated heterocycles. The summed E-state index contributed by atoms with van der Waals surface area (Å²) >= 11 is 0. The summed E-state index contributed by atoms with van der Waals surface area (Å²) in [6.45, 7) is 6.41. The van der Waals surface area contributed by atoms with Crippen LogP contribution >= 0.6 is 0 Å². The van der Waals surface area contributed by atoms with Crippen molar-refractivity contribution in [2.75, 3.05) is 18.6 Å². The van der Waals surface area contributed by atoms with Crippen molar-refractivity contribution in [2.45, 2.75) is 62.7 Å². The first-order valence-electron chi connectivity index (χ1n) is 18.3. The SMILES string of the molecule is COc1ccc2c(c1)[C@@]1(O[C@H](CCn3cc(C(CO)c4ccccc4)nn3)[C@@H]([Si](C)(C)O)[C@@H]1C)C(=O)N2Cc1cccc(-n2[nH]c3ccccc3c2=O)c1. The number of hydrogen-bond donors (Lipinski definition) is 3. The topological polar surface area (TPSA) is 148 Å². The van der Waals surface area contributed by atoms with Crippen molar-refractivity contribution in [3.8, 4) is 11.4 Å². The Balaban J connectivity index is 1.10. The number of aliphatic hydroxyl groups excluding tert-OH is 1. The molecule has 2 aromatic heterocycles. The number of benzene rings is 4. The fraction of sp³-hybridized carbons (Fsp3) is 0.317. The number of fused-ring (bicyclic) bond motifs is 3. The van der Waals surface area contributed by atoms with Crippen molar-refractivity contribution < 1.29 is 24.2 Å². The van der Waals surface area contributed by atoms with Gasteiger partial charge in [-0.15, -0.1) is 5.10 Å². The third kappa shape index (κ3) is 5.97. The maximum Gasteiger partial charge on any atom is 0.279 e. The Morgan fingerprint density at radius 3 is 2.52 bits per heavy atom. The molecular formula is C41H44N6O6Si. The van der Waals surface area contributed by atoms with Crippen molar-refractivity contribution in [1.82, 2.24) is 24.8 Å². The molecule has 8 rings (SSSR count). The maximum absolute atomic E-state index is 15.0. The van der Waals surface area contributed by atoms with Crippen LogP contribution < -0.4 is 15.2 Å². The van der Waals surface area contributed by atoms with Crippen LogP contribution in [0.3, 0.4) is 0 Å². The van der Waals surface area contributed by atoms with Crippen molar-refractivity contribution >= 4 is 30.8 Å². The molecule has 13 heteroatoms. The molecule has 1 fully saturated rings. The monoisotopic (exact) mass is 744 g/mol. The third-order valence-electron chi connectivity index (χ3n) is 11.2. The zero-order valence-corrected chi connectivity index (χ0v) is 31.7. The van der Waals surface area contributed by atoms with Gasteiger partial charge in [-0.3, -0.25) is 19.4 Å². The minimum absolute atomic E-state index is 0.103. The van der Waals surface area contributed by atoms with Crippen LogP contribution in [0.5, 0.6) is 5.75 Å². The number of carbonyl (C=O) groups is 1. The van der Waals surface area contributed by atoms with E-state index in [0.717, 1.165) is 22.3 Å². The van der Waals surface area contributed by atoms with E-state index in [2.05, 4.69) is 15.4 Å². The molecule has 4 heterocycles. The van der Waals surface area contributed by atoms with Crippen LogP contribution in [-0.4, -0.2) is 68.7 Å². The standard InChI is InChI=1S/C41H44N6O6Si/c1-26-38(54(3,4)51)37(19-20-45-24-35(42-44-45)32(25-48)28-12-6-5-7-13-28)53-41(26)33-22-30(52-2)17-18-36(33)46(40(41)50)23-27-11-10-14-29(21-27)47-39(49)31-15-8-9-16-34(31)43-47/h5-18,21-22,24,26,32,37-38,43,48,51H,19-20,23,25H2,1-4H3/t26-,32?,37+,38-,41+/m0/s1. The summed E-state index contributed by atoms with van der Waals surface area (Å²) in [6.07, 6.45) is 1.88. The van der Waals surface area contributed by atoms with Gasteiger partial charge in [0.25, 0.3) is 11.5 Å². The molecular weight excluding hydrogens is 701 g/mol. The fourth-order valence-corrected chi connectivity index (χ4v) is 11.3. The second-order valence-electron chi connectivity index (χ2n) is 14.9. The number of para-hydroxylation sites is 1. The van der Waals surface area contributed by atoms with Crippen molar-refractivity contribution in [3.63, 3.8) is 0 Å². The number of aryl methyl sites for hydroxylation is 1. The van der Waals surface area contributed by atoms with Gasteiger partial charge >= 0.3 is 0 Å². The van der Waals surface area contributed by atoms with Gasteiger partial charge < -0.3 is 24.3 Å². The molecule has 2 aliphatic heterocycles. The van der Waals surface area contributed by atoms with Gasteiger partial charge in [-0.05, 0) is 73.1 Å². The van der Waals surface area contributed by atoms with Crippen molar-refractivity contribution in [3.05, 3.63) is 136 Å². The zero-order valence-electron chi connectivity index (χ0n) is 30.7. The number of ether oxygens (including phenoxy) is 2. The Kier molecular flexibility index (Phi) is 9.13. The lowest BCUT2D eigenvalue weighted by Crippen LogP contribution is -2.46. The van der Waals surface area contributed by atoms with Gasteiger partial charge in [-0.2, -0.15) is 0 Å². The molecule has 0 aliphatic carbocycles. The number of H-pyrrole nitrogens is 1. The first-order valence-corrected chi connectivity index (χ1v) is 21.3. The van der Waals surface area contributed by atoms with Gasteiger partial charge in [0.1, 0.15) is 5.75 Å². The summed E-state index contributed by atoms with van der Waals surface area (Å²) in [6, 6.07) is 30.3. The number of nitrogens with zero attached hydrogens (tertiary/aromatic N) is 5. The number of hydrogen-bond acceptors (Lipinski definition) is 8. The molecule has 1 unspecified atom stereocenters. The molecule has 1 amide bonds. The molecule has 4 aromatic carbocycles. The van der Waals surface area contributed by atoms with E-state index < -0.39 is 20.0 Å². The lowest BCUT2D eigenvalue weighted by atomic mass is 9.82. The number of aromatic amines is 1. The smallest absolute Gasteiger partial charge is 0.279 e. The van der Waals surface area contributed by atoms with Gasteiger partial charge in [0.05, 0.1) is 60.3 Å². The third-order valence-corrected chi connectivity index (χ3v) is 13.7. The molecule has 5 atom stereocenters. The largest absolute Gasteiger partial charge is 0.497 e. The fourth-order valence-electron chi connectivity index (χ4n) is 8.72. The lowest BCUT2D eigenvalue weighted by Gasteiger charge is -2.32. The number of nitrogens with one attached hydrogen (secondary N) is 1. The number of amides is 1. The summed E-state index contributed by atoms with van der Waals surface area (Å²) in [7, 11) is -1.32. The summed E-state index contributed by atoms with van der Waals surface area (Å²) in [5.41, 5.74) is 3.49. The van der Waals surface area contributed by atoms with Crippen molar-refractivity contribution in [2.24, 2.45) is 5.92 Å². The first-order chi connectivity index (χ1) is 26.0. The minimum atomic E-state index is -2.92. The van der Waals surface area contributed by atoms with E-state index in [-0.39, 0.29) is 42.0 Å². The van der Waals surface area contributed by atoms with Crippen LogP contribution in [0.2, 0.25) is 18.6 Å². The van der Waals surface area contributed by atoms with E-state index in [1.807, 2.05) is 117 Å². The average Bonchev–Trinajstić information content (AvgIpc) is 3.91. The van der Waals surface area contributed by atoms with E-state index in [1.165, 1.54) is 4.68 Å². The summed E-state index contributed by atoms with van der Waals surface area (Å²) in [4.78, 5) is 41.9. The quantitative estimate of drug-likeness (QED) is 0.148. The highest BCUT2D eigenvalue weighted by atomic mass is 28.4. The van der Waals surface area contributed by atoms with E-state index in [0.29, 0.717) is 41.0 Å². The Morgan fingerprint density at radius 2 is 1.78 bits per heavy atom. The molecule has 2 aliphatic rings. The van der Waals surface area contributed by atoms with Gasteiger partial charge in [-0.25, -0.2) is 4.68 Å². The molecule has 1 spiro atoms.